The van der Waals surface area contributed by atoms with Crippen molar-refractivity contribution in [1.29, 1.82) is 0 Å². The summed E-state index contributed by atoms with van der Waals surface area (Å²) >= 11 is 0. The zero-order valence-electron chi connectivity index (χ0n) is 16.1. The van der Waals surface area contributed by atoms with Crippen molar-refractivity contribution in [1.82, 2.24) is 10.6 Å². The maximum Gasteiger partial charge on any atom is 0.338 e. The molecule has 2 atom stereocenters. The van der Waals surface area contributed by atoms with Gasteiger partial charge in [-0.2, -0.15) is 0 Å². The Morgan fingerprint density at radius 3 is 2.36 bits per heavy atom. The number of imide groups is 1. The SMILES string of the molecule is C[C@H]1CCCC[C@H]1NC(=O)NC(=O)COC(=O)c1ccc(CS(C)(=O)=O)cc1. The number of esters is 1. The van der Waals surface area contributed by atoms with E-state index in [4.69, 9.17) is 4.74 Å². The van der Waals surface area contributed by atoms with E-state index in [2.05, 4.69) is 17.6 Å². The molecule has 0 aliphatic heterocycles. The number of nitrogens with one attached hydrogen (secondary N) is 2. The van der Waals surface area contributed by atoms with E-state index in [9.17, 15) is 22.8 Å². The number of sulfone groups is 1. The first-order chi connectivity index (χ1) is 13.1. The Bertz CT molecular complexity index is 819. The number of hydrogen-bond donors (Lipinski definition) is 2. The van der Waals surface area contributed by atoms with E-state index in [-0.39, 0.29) is 17.4 Å². The highest BCUT2D eigenvalue weighted by Crippen LogP contribution is 2.23. The number of urea groups is 1. The van der Waals surface area contributed by atoms with Gasteiger partial charge in [0.25, 0.3) is 5.91 Å². The minimum atomic E-state index is -3.16. The Balaban J connectivity index is 1.77. The third-order valence-electron chi connectivity index (χ3n) is 4.63. The summed E-state index contributed by atoms with van der Waals surface area (Å²) in [6.45, 7) is 1.48. The Morgan fingerprint density at radius 2 is 1.75 bits per heavy atom. The molecule has 1 aliphatic carbocycles. The van der Waals surface area contributed by atoms with Crippen molar-refractivity contribution in [3.8, 4) is 0 Å². The molecular formula is C19H26N2O6S. The fraction of sp³-hybridized carbons (Fsp3) is 0.526. The number of carbonyl (C=O) groups excluding carboxylic acids is 3. The average Bonchev–Trinajstić information content (AvgIpc) is 2.61. The van der Waals surface area contributed by atoms with Gasteiger partial charge in [-0.1, -0.05) is 31.9 Å². The van der Waals surface area contributed by atoms with Crippen LogP contribution < -0.4 is 10.6 Å². The van der Waals surface area contributed by atoms with Gasteiger partial charge in [-0.15, -0.1) is 0 Å². The topological polar surface area (TPSA) is 119 Å². The molecule has 1 saturated carbocycles. The van der Waals surface area contributed by atoms with Crippen LogP contribution in [0.2, 0.25) is 0 Å². The number of hydrogen-bond acceptors (Lipinski definition) is 6. The third-order valence-corrected chi connectivity index (χ3v) is 5.49. The second kappa shape index (κ2) is 9.68. The van der Waals surface area contributed by atoms with Crippen molar-refractivity contribution in [2.75, 3.05) is 12.9 Å². The molecule has 3 amide bonds. The molecule has 0 spiro atoms. The summed E-state index contributed by atoms with van der Waals surface area (Å²) in [6.07, 6.45) is 5.24. The van der Waals surface area contributed by atoms with Crippen LogP contribution in [-0.4, -0.2) is 45.2 Å². The summed E-state index contributed by atoms with van der Waals surface area (Å²) in [6, 6.07) is 5.32. The van der Waals surface area contributed by atoms with Gasteiger partial charge in [-0.05, 0) is 36.5 Å². The molecule has 1 aromatic carbocycles. The second-order valence-electron chi connectivity index (χ2n) is 7.23. The fourth-order valence-corrected chi connectivity index (χ4v) is 3.95. The van der Waals surface area contributed by atoms with Gasteiger partial charge in [0.15, 0.2) is 16.4 Å². The first-order valence-electron chi connectivity index (χ1n) is 9.18. The largest absolute Gasteiger partial charge is 0.452 e. The molecule has 2 N–H and O–H groups in total. The van der Waals surface area contributed by atoms with Crippen LogP contribution in [0, 0.1) is 5.92 Å². The van der Waals surface area contributed by atoms with Crippen LogP contribution >= 0.6 is 0 Å². The third kappa shape index (κ3) is 7.30. The highest BCUT2D eigenvalue weighted by atomic mass is 32.2. The van der Waals surface area contributed by atoms with Crippen LogP contribution in [0.5, 0.6) is 0 Å². The highest BCUT2D eigenvalue weighted by Gasteiger charge is 2.23. The molecule has 1 fully saturated rings. The molecule has 28 heavy (non-hydrogen) atoms. The van der Waals surface area contributed by atoms with E-state index >= 15 is 0 Å². The summed E-state index contributed by atoms with van der Waals surface area (Å²) in [4.78, 5) is 35.7. The van der Waals surface area contributed by atoms with Gasteiger partial charge in [0, 0.05) is 12.3 Å². The molecular weight excluding hydrogens is 384 g/mol. The van der Waals surface area contributed by atoms with Crippen molar-refractivity contribution >= 4 is 27.7 Å². The summed E-state index contributed by atoms with van der Waals surface area (Å²) in [5.74, 6) is -1.22. The zero-order valence-corrected chi connectivity index (χ0v) is 16.9. The second-order valence-corrected chi connectivity index (χ2v) is 9.37. The molecule has 9 heteroatoms. The number of carbonyl (C=O) groups is 3. The summed E-state index contributed by atoms with van der Waals surface area (Å²) in [5, 5.41) is 4.94. The summed E-state index contributed by atoms with van der Waals surface area (Å²) < 4.78 is 27.4. The first-order valence-corrected chi connectivity index (χ1v) is 11.2. The summed E-state index contributed by atoms with van der Waals surface area (Å²) in [7, 11) is -3.16. The van der Waals surface area contributed by atoms with Gasteiger partial charge in [0.1, 0.15) is 0 Å². The van der Waals surface area contributed by atoms with Gasteiger partial charge >= 0.3 is 12.0 Å². The smallest absolute Gasteiger partial charge is 0.338 e. The van der Waals surface area contributed by atoms with E-state index in [1.54, 1.807) is 0 Å². The molecule has 1 aliphatic rings. The maximum atomic E-state index is 12.0. The lowest BCUT2D eigenvalue weighted by atomic mass is 9.86. The Kier molecular flexibility index (Phi) is 7.56. The first kappa shape index (κ1) is 21.9. The van der Waals surface area contributed by atoms with Gasteiger partial charge in [-0.25, -0.2) is 18.0 Å². The molecule has 154 valence electrons. The van der Waals surface area contributed by atoms with E-state index in [0.29, 0.717) is 11.5 Å². The monoisotopic (exact) mass is 410 g/mol. The average molecular weight is 410 g/mol. The molecule has 0 heterocycles. The van der Waals surface area contributed by atoms with E-state index in [1.165, 1.54) is 24.3 Å². The predicted octanol–water partition coefficient (Wildman–Crippen LogP) is 1.79. The van der Waals surface area contributed by atoms with Gasteiger partial charge in [0.2, 0.25) is 0 Å². The van der Waals surface area contributed by atoms with Crippen molar-refractivity contribution in [3.63, 3.8) is 0 Å². The number of benzene rings is 1. The quantitative estimate of drug-likeness (QED) is 0.690. The molecule has 8 nitrogen and oxygen atoms in total. The lowest BCUT2D eigenvalue weighted by Gasteiger charge is -2.29. The van der Waals surface area contributed by atoms with Crippen LogP contribution in [-0.2, 0) is 25.1 Å². The van der Waals surface area contributed by atoms with Crippen molar-refractivity contribution in [2.24, 2.45) is 5.92 Å². The normalized spacial score (nSPS) is 19.5. The Morgan fingerprint density at radius 1 is 1.11 bits per heavy atom. The van der Waals surface area contributed by atoms with Crippen molar-refractivity contribution < 1.29 is 27.5 Å². The van der Waals surface area contributed by atoms with E-state index in [0.717, 1.165) is 31.9 Å². The lowest BCUT2D eigenvalue weighted by Crippen LogP contribution is -2.48. The number of ether oxygens (including phenoxy) is 1. The number of amides is 3. The molecule has 0 unspecified atom stereocenters. The lowest BCUT2D eigenvalue weighted by molar-refractivity contribution is -0.123. The minimum absolute atomic E-state index is 0.0366. The molecule has 2 rings (SSSR count). The Hall–Kier alpha value is -2.42. The highest BCUT2D eigenvalue weighted by molar-refractivity contribution is 7.89. The zero-order chi connectivity index (χ0) is 20.7. The maximum absolute atomic E-state index is 12.0. The molecule has 0 saturated heterocycles. The number of rotatable bonds is 6. The standard InChI is InChI=1S/C19H26N2O6S/c1-13-5-3-4-6-16(13)20-19(24)21-17(22)11-27-18(23)15-9-7-14(8-10-15)12-28(2,25)26/h7-10,13,16H,3-6,11-12H2,1-2H3,(H2,20,21,22,24)/t13-,16+/m0/s1. The molecule has 0 aromatic heterocycles. The van der Waals surface area contributed by atoms with E-state index < -0.39 is 34.4 Å². The Labute approximate surface area is 164 Å². The van der Waals surface area contributed by atoms with Gasteiger partial charge < -0.3 is 10.1 Å². The van der Waals surface area contributed by atoms with Crippen LogP contribution in [0.4, 0.5) is 4.79 Å². The van der Waals surface area contributed by atoms with Gasteiger partial charge in [0.05, 0.1) is 11.3 Å². The van der Waals surface area contributed by atoms with Crippen molar-refractivity contribution in [3.05, 3.63) is 35.4 Å². The van der Waals surface area contributed by atoms with Crippen LogP contribution in [0.1, 0.15) is 48.5 Å². The van der Waals surface area contributed by atoms with Crippen molar-refractivity contribution in [2.45, 2.75) is 44.4 Å². The molecule has 0 radical (unpaired) electrons. The molecule has 1 aromatic rings. The van der Waals surface area contributed by atoms with Gasteiger partial charge in [-0.3, -0.25) is 10.1 Å². The fourth-order valence-electron chi connectivity index (χ4n) is 3.15. The van der Waals surface area contributed by atoms with Crippen LogP contribution in [0.15, 0.2) is 24.3 Å². The minimum Gasteiger partial charge on any atom is -0.452 e. The van der Waals surface area contributed by atoms with E-state index in [1.807, 2.05) is 0 Å². The summed E-state index contributed by atoms with van der Waals surface area (Å²) in [5.41, 5.74) is 0.732. The molecule has 0 bridgehead atoms. The van der Waals surface area contributed by atoms with Crippen LogP contribution in [0.25, 0.3) is 0 Å². The van der Waals surface area contributed by atoms with Crippen LogP contribution in [0.3, 0.4) is 0 Å². The predicted molar refractivity (Wildman–Crippen MR) is 103 cm³/mol.